The summed E-state index contributed by atoms with van der Waals surface area (Å²) >= 11 is 6.20. The molecule has 0 amide bonds. The van der Waals surface area contributed by atoms with Crippen molar-refractivity contribution < 1.29 is 14.6 Å². The van der Waals surface area contributed by atoms with E-state index in [1.54, 1.807) is 36.9 Å². The average molecular weight is 311 g/mol. The lowest BCUT2D eigenvalue weighted by atomic mass is 10.1. The lowest BCUT2D eigenvalue weighted by Gasteiger charge is -2.15. The van der Waals surface area contributed by atoms with Gasteiger partial charge in [-0.05, 0) is 26.0 Å². The molecule has 114 valence electrons. The number of aryl methyl sites for hydroxylation is 2. The van der Waals surface area contributed by atoms with E-state index in [0.717, 1.165) is 11.4 Å². The first kappa shape index (κ1) is 15.7. The molecule has 2 aromatic rings. The highest BCUT2D eigenvalue weighted by Gasteiger charge is 2.15. The molecule has 0 aliphatic carbocycles. The molecule has 0 spiro atoms. The van der Waals surface area contributed by atoms with E-state index in [1.807, 2.05) is 14.0 Å². The molecular weight excluding hydrogens is 292 g/mol. The fourth-order valence-corrected chi connectivity index (χ4v) is 2.31. The lowest BCUT2D eigenvalue weighted by Crippen LogP contribution is -2.06. The van der Waals surface area contributed by atoms with Gasteiger partial charge in [0, 0.05) is 18.7 Å². The van der Waals surface area contributed by atoms with Crippen molar-refractivity contribution in [2.24, 2.45) is 7.05 Å². The summed E-state index contributed by atoms with van der Waals surface area (Å²) in [5, 5.41) is 14.7. The molecule has 1 heterocycles. The van der Waals surface area contributed by atoms with E-state index in [9.17, 15) is 5.11 Å². The summed E-state index contributed by atoms with van der Waals surface area (Å²) in [5.41, 5.74) is 2.25. The number of hydrogen-bond acceptors (Lipinski definition) is 4. The minimum Gasteiger partial charge on any atom is -0.497 e. The Balaban J connectivity index is 2.26. The number of halogens is 1. The standard InChI is InChI=1S/C15H19ClN2O3/c1-9-15(16)13(18(3)17-9)8-21-14-7-11(20-4)5-6-12(14)10(2)19/h5-7,10,19H,8H2,1-4H3/t10-/m0/s1. The van der Waals surface area contributed by atoms with Crippen molar-refractivity contribution >= 4 is 11.6 Å². The number of rotatable bonds is 5. The van der Waals surface area contributed by atoms with Crippen molar-refractivity contribution in [1.82, 2.24) is 9.78 Å². The normalized spacial score (nSPS) is 12.3. The highest BCUT2D eigenvalue weighted by atomic mass is 35.5. The van der Waals surface area contributed by atoms with Crippen LogP contribution < -0.4 is 9.47 Å². The summed E-state index contributed by atoms with van der Waals surface area (Å²) in [6.07, 6.45) is -0.630. The molecular formula is C15H19ClN2O3. The SMILES string of the molecule is COc1ccc([C@H](C)O)c(OCc2c(Cl)c(C)nn2C)c1. The van der Waals surface area contributed by atoms with E-state index in [0.29, 0.717) is 22.1 Å². The fourth-order valence-electron chi connectivity index (χ4n) is 2.09. The zero-order chi connectivity index (χ0) is 15.6. The second kappa shape index (κ2) is 6.37. The Morgan fingerprint density at radius 3 is 2.67 bits per heavy atom. The molecule has 1 aromatic heterocycles. The number of aromatic nitrogens is 2. The van der Waals surface area contributed by atoms with Crippen LogP contribution in [0.1, 0.15) is 30.0 Å². The van der Waals surface area contributed by atoms with Gasteiger partial charge in [-0.1, -0.05) is 11.6 Å². The maximum atomic E-state index is 9.81. The number of aliphatic hydroxyl groups is 1. The second-order valence-electron chi connectivity index (χ2n) is 4.84. The van der Waals surface area contributed by atoms with Gasteiger partial charge >= 0.3 is 0 Å². The summed E-state index contributed by atoms with van der Waals surface area (Å²) < 4.78 is 12.7. The van der Waals surface area contributed by atoms with Gasteiger partial charge in [0.1, 0.15) is 18.1 Å². The molecule has 6 heteroatoms. The van der Waals surface area contributed by atoms with E-state index >= 15 is 0 Å². The predicted octanol–water partition coefficient (Wildman–Crippen LogP) is 3.02. The lowest BCUT2D eigenvalue weighted by molar-refractivity contribution is 0.189. The van der Waals surface area contributed by atoms with Gasteiger partial charge in [0.25, 0.3) is 0 Å². The van der Waals surface area contributed by atoms with Crippen LogP contribution in [0, 0.1) is 6.92 Å². The molecule has 0 radical (unpaired) electrons. The number of methoxy groups -OCH3 is 1. The highest BCUT2D eigenvalue weighted by molar-refractivity contribution is 6.31. The van der Waals surface area contributed by atoms with Crippen LogP contribution in [0.2, 0.25) is 5.02 Å². The monoisotopic (exact) mass is 310 g/mol. The molecule has 0 bridgehead atoms. The number of nitrogens with zero attached hydrogens (tertiary/aromatic N) is 2. The molecule has 0 aliphatic heterocycles. The van der Waals surface area contributed by atoms with Crippen molar-refractivity contribution in [2.75, 3.05) is 7.11 Å². The van der Waals surface area contributed by atoms with E-state index in [-0.39, 0.29) is 6.61 Å². The van der Waals surface area contributed by atoms with Gasteiger partial charge in [-0.25, -0.2) is 0 Å². The molecule has 2 rings (SSSR count). The van der Waals surface area contributed by atoms with Crippen LogP contribution >= 0.6 is 11.6 Å². The number of hydrogen-bond donors (Lipinski definition) is 1. The number of benzene rings is 1. The summed E-state index contributed by atoms with van der Waals surface area (Å²) in [6.45, 7) is 3.80. The Morgan fingerprint density at radius 1 is 1.43 bits per heavy atom. The Hall–Kier alpha value is -1.72. The third kappa shape index (κ3) is 3.31. The number of ether oxygens (including phenoxy) is 2. The van der Waals surface area contributed by atoms with Crippen LogP contribution in [-0.2, 0) is 13.7 Å². The van der Waals surface area contributed by atoms with Gasteiger partial charge in [-0.2, -0.15) is 5.10 Å². The van der Waals surface area contributed by atoms with Crippen LogP contribution in [0.5, 0.6) is 11.5 Å². The van der Waals surface area contributed by atoms with Crippen LogP contribution in [0.15, 0.2) is 18.2 Å². The first-order valence-corrected chi connectivity index (χ1v) is 6.98. The maximum absolute atomic E-state index is 9.81. The van der Waals surface area contributed by atoms with Crippen molar-refractivity contribution in [3.63, 3.8) is 0 Å². The summed E-state index contributed by atoms with van der Waals surface area (Å²) in [5.74, 6) is 1.24. The van der Waals surface area contributed by atoms with E-state index < -0.39 is 6.10 Å². The van der Waals surface area contributed by atoms with E-state index in [2.05, 4.69) is 5.10 Å². The zero-order valence-electron chi connectivity index (χ0n) is 12.6. The summed E-state index contributed by atoms with van der Waals surface area (Å²) in [7, 11) is 3.40. The quantitative estimate of drug-likeness (QED) is 0.922. The molecule has 0 unspecified atom stereocenters. The Bertz CT molecular complexity index is 638. The largest absolute Gasteiger partial charge is 0.497 e. The van der Waals surface area contributed by atoms with Crippen molar-refractivity contribution in [3.8, 4) is 11.5 Å². The van der Waals surface area contributed by atoms with E-state index in [1.165, 1.54) is 0 Å². The third-order valence-corrected chi connectivity index (χ3v) is 3.79. The number of aliphatic hydroxyl groups excluding tert-OH is 1. The average Bonchev–Trinajstić information content (AvgIpc) is 2.69. The van der Waals surface area contributed by atoms with Crippen molar-refractivity contribution in [2.45, 2.75) is 26.6 Å². The van der Waals surface area contributed by atoms with E-state index in [4.69, 9.17) is 21.1 Å². The van der Waals surface area contributed by atoms with Crippen molar-refractivity contribution in [1.29, 1.82) is 0 Å². The molecule has 0 aliphatic rings. The second-order valence-corrected chi connectivity index (χ2v) is 5.22. The molecule has 21 heavy (non-hydrogen) atoms. The van der Waals surface area contributed by atoms with Gasteiger partial charge in [0.05, 0.1) is 29.6 Å². The van der Waals surface area contributed by atoms with Gasteiger partial charge in [-0.15, -0.1) is 0 Å². The topological polar surface area (TPSA) is 56.5 Å². The molecule has 0 fully saturated rings. The smallest absolute Gasteiger partial charge is 0.131 e. The summed E-state index contributed by atoms with van der Waals surface area (Å²) in [6, 6.07) is 5.32. The molecule has 1 atom stereocenters. The predicted molar refractivity (Wildman–Crippen MR) is 80.9 cm³/mol. The fraction of sp³-hybridized carbons (Fsp3) is 0.400. The van der Waals surface area contributed by atoms with Gasteiger partial charge in [0.15, 0.2) is 0 Å². The maximum Gasteiger partial charge on any atom is 0.131 e. The first-order valence-electron chi connectivity index (χ1n) is 6.60. The Morgan fingerprint density at radius 2 is 2.14 bits per heavy atom. The minimum absolute atomic E-state index is 0.267. The Kier molecular flexibility index (Phi) is 4.75. The van der Waals surface area contributed by atoms with Crippen molar-refractivity contribution in [3.05, 3.63) is 40.2 Å². The van der Waals surface area contributed by atoms with Gasteiger partial charge in [0.2, 0.25) is 0 Å². The molecule has 1 aromatic carbocycles. The van der Waals surface area contributed by atoms with Crippen LogP contribution in [-0.4, -0.2) is 22.0 Å². The minimum atomic E-state index is -0.630. The van der Waals surface area contributed by atoms with Crippen LogP contribution in [0.4, 0.5) is 0 Å². The highest BCUT2D eigenvalue weighted by Crippen LogP contribution is 2.31. The molecule has 0 saturated carbocycles. The molecule has 1 N–H and O–H groups in total. The van der Waals surface area contributed by atoms with Crippen LogP contribution in [0.3, 0.4) is 0 Å². The van der Waals surface area contributed by atoms with Gasteiger partial charge < -0.3 is 14.6 Å². The molecule has 5 nitrogen and oxygen atoms in total. The van der Waals surface area contributed by atoms with Crippen LogP contribution in [0.25, 0.3) is 0 Å². The Labute approximate surface area is 129 Å². The zero-order valence-corrected chi connectivity index (χ0v) is 13.3. The van der Waals surface area contributed by atoms with Gasteiger partial charge in [-0.3, -0.25) is 4.68 Å². The summed E-state index contributed by atoms with van der Waals surface area (Å²) in [4.78, 5) is 0. The molecule has 0 saturated heterocycles. The first-order chi connectivity index (χ1) is 9.93. The third-order valence-electron chi connectivity index (χ3n) is 3.30.